The summed E-state index contributed by atoms with van der Waals surface area (Å²) >= 11 is 0. The number of rotatable bonds is 15. The lowest BCUT2D eigenvalue weighted by Crippen LogP contribution is -2.39. The molecule has 1 aliphatic heterocycles. The fourth-order valence-electron chi connectivity index (χ4n) is 5.23. The zero-order valence-corrected chi connectivity index (χ0v) is 28.1. The van der Waals surface area contributed by atoms with Gasteiger partial charge in [0, 0.05) is 17.7 Å². The maximum absolute atomic E-state index is 13.4. The quantitative estimate of drug-likeness (QED) is 0.178. The zero-order valence-electron chi connectivity index (χ0n) is 27.3. The smallest absolute Gasteiger partial charge is 0.416 e. The van der Waals surface area contributed by atoms with Crippen LogP contribution in [-0.2, 0) is 30.3 Å². The Morgan fingerprint density at radius 2 is 1.60 bits per heavy atom. The molecule has 0 spiro atoms. The number of anilines is 1. The molecule has 1 fully saturated rings. The molecular weight excluding hydrogens is 691 g/mol. The second-order valence-electron chi connectivity index (χ2n) is 12.1. The Labute approximate surface area is 286 Å². The average molecular weight is 729 g/mol. The van der Waals surface area contributed by atoms with E-state index in [-0.39, 0.29) is 48.1 Å². The van der Waals surface area contributed by atoms with Gasteiger partial charge >= 0.3 is 18.8 Å². The molecule has 272 valence electrons. The van der Waals surface area contributed by atoms with E-state index < -0.39 is 63.9 Å². The number of aliphatic carboxylic acids is 1. The summed E-state index contributed by atoms with van der Waals surface area (Å²) in [6.45, 7) is 0.745. The molecule has 3 aromatic rings. The van der Waals surface area contributed by atoms with Gasteiger partial charge in [-0.2, -0.15) is 22.0 Å². The number of nitrogens with one attached hydrogen (secondary N) is 1. The highest BCUT2D eigenvalue weighted by molar-refractivity contribution is 7.91. The molecule has 0 aliphatic carbocycles. The van der Waals surface area contributed by atoms with Crippen LogP contribution in [0.1, 0.15) is 54.7 Å². The van der Waals surface area contributed by atoms with Gasteiger partial charge in [0.2, 0.25) is 0 Å². The van der Waals surface area contributed by atoms with Gasteiger partial charge in [0.1, 0.15) is 11.9 Å². The number of hydrogen-bond donors (Lipinski definition) is 2. The molecular formula is C34H37F5N2O8S. The lowest BCUT2D eigenvalue weighted by molar-refractivity contribution is -0.162. The molecule has 3 aromatic carbocycles. The first-order valence-corrected chi connectivity index (χ1v) is 17.2. The summed E-state index contributed by atoms with van der Waals surface area (Å²) in [5.41, 5.74) is -1.24. The number of sulfone groups is 1. The third kappa shape index (κ3) is 9.91. The number of nitrogens with zero attached hydrogens (tertiary/aromatic N) is 1. The van der Waals surface area contributed by atoms with E-state index >= 15 is 0 Å². The molecule has 1 aliphatic rings. The summed E-state index contributed by atoms with van der Waals surface area (Å²) < 4.78 is 105. The molecule has 16 heteroatoms. The number of amides is 1. The SMILES string of the molecule is CCS(=O)(=O)c1ccc(C(COC(C)(C)C(=O)O)NC(=O)c2ccc(N3C[C@@H](Oc4ccc(C(F)(F)F)cc4)C[C@H]3COC(F)F)cc2)cc1. The van der Waals surface area contributed by atoms with Gasteiger partial charge in [-0.25, -0.2) is 13.2 Å². The van der Waals surface area contributed by atoms with Crippen LogP contribution >= 0.6 is 0 Å². The van der Waals surface area contributed by atoms with Crippen molar-refractivity contribution in [2.75, 3.05) is 30.4 Å². The van der Waals surface area contributed by atoms with Crippen LogP contribution in [0.5, 0.6) is 5.75 Å². The molecule has 0 saturated carbocycles. The van der Waals surface area contributed by atoms with Crippen LogP contribution in [0.15, 0.2) is 77.7 Å². The Hall–Kier alpha value is -4.28. The first kappa shape index (κ1) is 38.5. The number of alkyl halides is 5. The summed E-state index contributed by atoms with van der Waals surface area (Å²) in [5, 5.41) is 12.3. The predicted octanol–water partition coefficient (Wildman–Crippen LogP) is 6.12. The fraction of sp³-hybridized carbons (Fsp3) is 0.412. The molecule has 2 N–H and O–H groups in total. The summed E-state index contributed by atoms with van der Waals surface area (Å²) in [7, 11) is -3.49. The molecule has 4 rings (SSSR count). The lowest BCUT2D eigenvalue weighted by atomic mass is 10.1. The molecule has 50 heavy (non-hydrogen) atoms. The number of carboxylic acids is 1. The van der Waals surface area contributed by atoms with Gasteiger partial charge in [-0.1, -0.05) is 19.1 Å². The first-order chi connectivity index (χ1) is 23.4. The fourth-order valence-corrected chi connectivity index (χ4v) is 6.11. The third-order valence-electron chi connectivity index (χ3n) is 8.19. The number of halogens is 5. The normalized spacial score (nSPS) is 17.5. The lowest BCUT2D eigenvalue weighted by Gasteiger charge is -2.27. The Balaban J connectivity index is 1.50. The van der Waals surface area contributed by atoms with Crippen LogP contribution in [-0.4, -0.2) is 75.3 Å². The average Bonchev–Trinajstić information content (AvgIpc) is 3.47. The Morgan fingerprint density at radius 1 is 0.980 bits per heavy atom. The van der Waals surface area contributed by atoms with Crippen molar-refractivity contribution >= 4 is 27.4 Å². The number of carbonyl (C=O) groups is 2. The molecule has 0 radical (unpaired) electrons. The van der Waals surface area contributed by atoms with E-state index in [1.54, 1.807) is 17.0 Å². The van der Waals surface area contributed by atoms with Crippen molar-refractivity contribution in [1.82, 2.24) is 5.32 Å². The Bertz CT molecular complexity index is 1720. The van der Waals surface area contributed by atoms with Gasteiger partial charge in [-0.05, 0) is 80.1 Å². The molecule has 0 bridgehead atoms. The minimum atomic E-state index is -4.51. The van der Waals surface area contributed by atoms with Crippen molar-refractivity contribution in [2.45, 2.75) is 68.7 Å². The van der Waals surface area contributed by atoms with E-state index in [1.165, 1.54) is 69.3 Å². The standard InChI is InChI=1S/C34H37F5N2O8S/c1-4-50(45,46)28-15-7-21(8-16-28)29(20-48-33(2,3)31(43)44)40-30(42)22-5-11-24(12-6-22)41-18-27(17-25(41)19-47-32(35)36)49-26-13-9-23(10-14-26)34(37,38)39/h5-16,25,27,29,32H,4,17-20H2,1-3H3,(H,40,42)(H,43,44)/t25-,27-,29?/m0/s1. The number of carbonyl (C=O) groups excluding carboxylic acids is 1. The molecule has 1 amide bonds. The Kier molecular flexibility index (Phi) is 12.1. The van der Waals surface area contributed by atoms with E-state index in [0.29, 0.717) is 11.3 Å². The van der Waals surface area contributed by atoms with Crippen molar-refractivity contribution in [3.63, 3.8) is 0 Å². The number of benzene rings is 3. The van der Waals surface area contributed by atoms with E-state index in [9.17, 15) is 45.1 Å². The first-order valence-electron chi connectivity index (χ1n) is 15.5. The van der Waals surface area contributed by atoms with Crippen molar-refractivity contribution in [2.24, 2.45) is 0 Å². The highest BCUT2D eigenvalue weighted by Gasteiger charge is 2.36. The van der Waals surface area contributed by atoms with Gasteiger partial charge in [0.15, 0.2) is 15.4 Å². The summed E-state index contributed by atoms with van der Waals surface area (Å²) in [4.78, 5) is 26.8. The predicted molar refractivity (Wildman–Crippen MR) is 172 cm³/mol. The van der Waals surface area contributed by atoms with Crippen LogP contribution in [0.25, 0.3) is 0 Å². The maximum atomic E-state index is 13.4. The van der Waals surface area contributed by atoms with Crippen LogP contribution in [0.4, 0.5) is 27.6 Å². The number of hydrogen-bond acceptors (Lipinski definition) is 8. The zero-order chi connectivity index (χ0) is 36.9. The molecule has 1 saturated heterocycles. The van der Waals surface area contributed by atoms with Gasteiger partial charge in [-0.3, -0.25) is 4.79 Å². The van der Waals surface area contributed by atoms with Gasteiger partial charge in [0.05, 0.1) is 48.1 Å². The van der Waals surface area contributed by atoms with Crippen molar-refractivity contribution in [3.8, 4) is 5.75 Å². The summed E-state index contributed by atoms with van der Waals surface area (Å²) in [5.74, 6) is -1.72. The molecule has 10 nitrogen and oxygen atoms in total. The van der Waals surface area contributed by atoms with E-state index in [1.807, 2.05) is 0 Å². The number of ether oxygens (including phenoxy) is 3. The summed E-state index contributed by atoms with van der Waals surface area (Å²) in [6, 6.07) is 14.7. The third-order valence-corrected chi connectivity index (χ3v) is 9.94. The summed E-state index contributed by atoms with van der Waals surface area (Å²) in [6.07, 6.45) is -4.86. The van der Waals surface area contributed by atoms with E-state index in [4.69, 9.17) is 9.47 Å². The highest BCUT2D eigenvalue weighted by atomic mass is 32.2. The highest BCUT2D eigenvalue weighted by Crippen LogP contribution is 2.33. The largest absolute Gasteiger partial charge is 0.489 e. The van der Waals surface area contributed by atoms with Crippen LogP contribution < -0.4 is 15.0 Å². The molecule has 0 aromatic heterocycles. The van der Waals surface area contributed by atoms with Crippen molar-refractivity contribution in [1.29, 1.82) is 0 Å². The van der Waals surface area contributed by atoms with Crippen molar-refractivity contribution in [3.05, 3.63) is 89.5 Å². The molecule has 1 unspecified atom stereocenters. The minimum absolute atomic E-state index is 0.0855. The monoisotopic (exact) mass is 728 g/mol. The number of carboxylic acid groups (broad SMARTS) is 1. The van der Waals surface area contributed by atoms with Crippen LogP contribution in [0, 0.1) is 0 Å². The van der Waals surface area contributed by atoms with E-state index in [0.717, 1.165) is 12.1 Å². The van der Waals surface area contributed by atoms with Gasteiger partial charge in [-0.15, -0.1) is 0 Å². The van der Waals surface area contributed by atoms with Gasteiger partial charge in [0.25, 0.3) is 5.91 Å². The Morgan fingerprint density at radius 3 is 2.14 bits per heavy atom. The molecule has 3 atom stereocenters. The second kappa shape index (κ2) is 15.7. The minimum Gasteiger partial charge on any atom is -0.489 e. The van der Waals surface area contributed by atoms with Crippen molar-refractivity contribution < 1.29 is 59.3 Å². The van der Waals surface area contributed by atoms with Gasteiger partial charge < -0.3 is 29.5 Å². The van der Waals surface area contributed by atoms with E-state index in [2.05, 4.69) is 10.1 Å². The van der Waals surface area contributed by atoms with Crippen LogP contribution in [0.3, 0.4) is 0 Å². The molecule has 1 heterocycles. The topological polar surface area (TPSA) is 131 Å². The second-order valence-corrected chi connectivity index (χ2v) is 14.3. The van der Waals surface area contributed by atoms with Crippen LogP contribution in [0.2, 0.25) is 0 Å². The maximum Gasteiger partial charge on any atom is 0.416 e.